The van der Waals surface area contributed by atoms with Crippen LogP contribution in [0, 0.1) is 13.8 Å². The number of hydrogen-bond donors (Lipinski definition) is 0. The molecule has 0 saturated heterocycles. The maximum Gasteiger partial charge on any atom is 0.194 e. The molecule has 52 valence electrons. The van der Waals surface area contributed by atoms with Gasteiger partial charge in [0, 0.05) is 17.3 Å². The lowest BCUT2D eigenvalue weighted by Crippen LogP contribution is -1.68. The van der Waals surface area contributed by atoms with Crippen LogP contribution in [-0.4, -0.2) is 9.38 Å². The molecule has 0 aliphatic rings. The number of imidazole rings is 1. The number of aromatic nitrogens is 2. The summed E-state index contributed by atoms with van der Waals surface area (Å²) in [4.78, 5) is 6.72. The third-order valence-electron chi connectivity index (χ3n) is 1.39. The maximum absolute atomic E-state index is 4.32. The fourth-order valence-corrected chi connectivity index (χ4v) is 1.88. The Balaban J connectivity index is 2.83. The minimum Gasteiger partial charge on any atom is -0.297 e. The smallest absolute Gasteiger partial charge is 0.194 e. The summed E-state index contributed by atoms with van der Waals surface area (Å²) in [5.74, 6) is 0. The van der Waals surface area contributed by atoms with E-state index in [0.29, 0.717) is 0 Å². The SMILES string of the molecule is Cc1cn2cc(C)sc2n1. The lowest BCUT2D eigenvalue weighted by molar-refractivity contribution is 1.21. The summed E-state index contributed by atoms with van der Waals surface area (Å²) in [6.45, 7) is 4.10. The molecule has 0 bridgehead atoms. The van der Waals surface area contributed by atoms with Crippen molar-refractivity contribution in [3.63, 3.8) is 0 Å². The summed E-state index contributed by atoms with van der Waals surface area (Å²) in [7, 11) is 0. The van der Waals surface area contributed by atoms with Crippen LogP contribution in [0.4, 0.5) is 0 Å². The van der Waals surface area contributed by atoms with E-state index in [1.165, 1.54) is 4.88 Å². The van der Waals surface area contributed by atoms with Gasteiger partial charge in [0.15, 0.2) is 4.96 Å². The van der Waals surface area contributed by atoms with Crippen LogP contribution in [-0.2, 0) is 0 Å². The molecule has 0 radical (unpaired) electrons. The van der Waals surface area contributed by atoms with E-state index in [4.69, 9.17) is 0 Å². The predicted molar refractivity (Wildman–Crippen MR) is 42.5 cm³/mol. The zero-order valence-corrected chi connectivity index (χ0v) is 6.77. The number of thiazole rings is 1. The molecule has 0 fully saturated rings. The normalized spacial score (nSPS) is 11.0. The van der Waals surface area contributed by atoms with Crippen molar-refractivity contribution in [2.24, 2.45) is 0 Å². The zero-order valence-electron chi connectivity index (χ0n) is 5.96. The van der Waals surface area contributed by atoms with Gasteiger partial charge in [-0.2, -0.15) is 0 Å². The fourth-order valence-electron chi connectivity index (χ4n) is 1.03. The maximum atomic E-state index is 4.32. The largest absolute Gasteiger partial charge is 0.297 e. The summed E-state index contributed by atoms with van der Waals surface area (Å²) in [6, 6.07) is 0. The first-order chi connectivity index (χ1) is 4.75. The fraction of sp³-hybridized carbons (Fsp3) is 0.286. The summed E-state index contributed by atoms with van der Waals surface area (Å²) < 4.78 is 2.06. The van der Waals surface area contributed by atoms with E-state index in [1.54, 1.807) is 11.3 Å². The molecule has 2 aromatic rings. The minimum absolute atomic E-state index is 1.09. The highest BCUT2D eigenvalue weighted by Crippen LogP contribution is 2.15. The lowest BCUT2D eigenvalue weighted by Gasteiger charge is -1.75. The summed E-state index contributed by atoms with van der Waals surface area (Å²) in [6.07, 6.45) is 4.14. The van der Waals surface area contributed by atoms with Crippen LogP contribution in [0.3, 0.4) is 0 Å². The van der Waals surface area contributed by atoms with Gasteiger partial charge >= 0.3 is 0 Å². The molecule has 2 rings (SSSR count). The molecular weight excluding hydrogens is 144 g/mol. The Morgan fingerprint density at radius 3 is 2.90 bits per heavy atom. The van der Waals surface area contributed by atoms with Crippen molar-refractivity contribution in [2.45, 2.75) is 13.8 Å². The van der Waals surface area contributed by atoms with E-state index in [-0.39, 0.29) is 0 Å². The van der Waals surface area contributed by atoms with Crippen LogP contribution in [0.5, 0.6) is 0 Å². The molecule has 0 N–H and O–H groups in total. The molecule has 0 aliphatic carbocycles. The van der Waals surface area contributed by atoms with E-state index >= 15 is 0 Å². The summed E-state index contributed by atoms with van der Waals surface area (Å²) >= 11 is 1.72. The Kier molecular flexibility index (Phi) is 1.08. The second kappa shape index (κ2) is 1.83. The van der Waals surface area contributed by atoms with Gasteiger partial charge in [-0.15, -0.1) is 11.3 Å². The van der Waals surface area contributed by atoms with Crippen molar-refractivity contribution in [3.8, 4) is 0 Å². The summed E-state index contributed by atoms with van der Waals surface area (Å²) in [5.41, 5.74) is 1.09. The highest BCUT2D eigenvalue weighted by atomic mass is 32.1. The Morgan fingerprint density at radius 1 is 1.40 bits per heavy atom. The van der Waals surface area contributed by atoms with E-state index in [2.05, 4.69) is 22.5 Å². The monoisotopic (exact) mass is 152 g/mol. The lowest BCUT2D eigenvalue weighted by atomic mass is 10.6. The van der Waals surface area contributed by atoms with Crippen molar-refractivity contribution < 1.29 is 0 Å². The Morgan fingerprint density at radius 2 is 2.20 bits per heavy atom. The van der Waals surface area contributed by atoms with Crippen LogP contribution >= 0.6 is 11.3 Å². The molecule has 0 aromatic carbocycles. The first-order valence-electron chi connectivity index (χ1n) is 3.17. The van der Waals surface area contributed by atoms with Crippen LogP contribution in [0.2, 0.25) is 0 Å². The third-order valence-corrected chi connectivity index (χ3v) is 2.30. The van der Waals surface area contributed by atoms with Crippen LogP contribution in [0.25, 0.3) is 4.96 Å². The van der Waals surface area contributed by atoms with Gasteiger partial charge in [0.2, 0.25) is 0 Å². The van der Waals surface area contributed by atoms with Crippen LogP contribution in [0.1, 0.15) is 10.6 Å². The molecule has 0 amide bonds. The van der Waals surface area contributed by atoms with Gasteiger partial charge in [-0.3, -0.25) is 4.40 Å². The van der Waals surface area contributed by atoms with Crippen LogP contribution in [0.15, 0.2) is 12.4 Å². The van der Waals surface area contributed by atoms with Gasteiger partial charge < -0.3 is 0 Å². The molecule has 0 unspecified atom stereocenters. The second-order valence-electron chi connectivity index (χ2n) is 2.41. The molecular formula is C7H8N2S. The first kappa shape index (κ1) is 5.92. The van der Waals surface area contributed by atoms with Gasteiger partial charge in [0.25, 0.3) is 0 Å². The molecule has 2 nitrogen and oxygen atoms in total. The molecule has 0 atom stereocenters. The Labute approximate surface area is 63.1 Å². The van der Waals surface area contributed by atoms with Crippen molar-refractivity contribution >= 4 is 16.3 Å². The molecule has 2 heterocycles. The topological polar surface area (TPSA) is 17.3 Å². The number of aryl methyl sites for hydroxylation is 2. The second-order valence-corrected chi connectivity index (χ2v) is 3.63. The Hall–Kier alpha value is -0.830. The molecule has 10 heavy (non-hydrogen) atoms. The van der Waals surface area contributed by atoms with Crippen LogP contribution < -0.4 is 0 Å². The van der Waals surface area contributed by atoms with E-state index in [0.717, 1.165) is 10.7 Å². The van der Waals surface area contributed by atoms with Gasteiger partial charge in [-0.25, -0.2) is 4.98 Å². The first-order valence-corrected chi connectivity index (χ1v) is 3.99. The standard InChI is InChI=1S/C7H8N2S/c1-5-3-9-4-6(2)10-7(9)8-5/h3-4H,1-2H3. The predicted octanol–water partition coefficient (Wildman–Crippen LogP) is 2.01. The van der Waals surface area contributed by atoms with E-state index < -0.39 is 0 Å². The molecule has 3 heteroatoms. The minimum atomic E-state index is 1.09. The van der Waals surface area contributed by atoms with Crippen molar-refractivity contribution in [2.75, 3.05) is 0 Å². The van der Waals surface area contributed by atoms with Crippen molar-refractivity contribution in [1.29, 1.82) is 0 Å². The number of fused-ring (bicyclic) bond motifs is 1. The van der Waals surface area contributed by atoms with Gasteiger partial charge in [-0.1, -0.05) is 0 Å². The molecule has 2 aromatic heterocycles. The molecule has 0 aliphatic heterocycles. The van der Waals surface area contributed by atoms with Crippen molar-refractivity contribution in [3.05, 3.63) is 23.0 Å². The zero-order chi connectivity index (χ0) is 7.14. The van der Waals surface area contributed by atoms with E-state index in [9.17, 15) is 0 Å². The van der Waals surface area contributed by atoms with Crippen molar-refractivity contribution in [1.82, 2.24) is 9.38 Å². The number of nitrogens with zero attached hydrogens (tertiary/aromatic N) is 2. The van der Waals surface area contributed by atoms with E-state index in [1.807, 2.05) is 13.1 Å². The third kappa shape index (κ3) is 0.743. The highest BCUT2D eigenvalue weighted by Gasteiger charge is 1.98. The Bertz CT molecular complexity index is 295. The van der Waals surface area contributed by atoms with Gasteiger partial charge in [-0.05, 0) is 13.8 Å². The highest BCUT2D eigenvalue weighted by molar-refractivity contribution is 7.16. The number of rotatable bonds is 0. The van der Waals surface area contributed by atoms with Gasteiger partial charge in [0.1, 0.15) is 0 Å². The average molecular weight is 152 g/mol. The molecule has 0 saturated carbocycles. The van der Waals surface area contributed by atoms with Gasteiger partial charge in [0.05, 0.1) is 5.69 Å². The molecule has 0 spiro atoms. The number of hydrogen-bond acceptors (Lipinski definition) is 2. The average Bonchev–Trinajstić information content (AvgIpc) is 2.21. The quantitative estimate of drug-likeness (QED) is 0.564. The summed E-state index contributed by atoms with van der Waals surface area (Å²) in [5, 5.41) is 0.